The van der Waals surface area contributed by atoms with E-state index in [0.29, 0.717) is 11.6 Å². The van der Waals surface area contributed by atoms with Crippen LogP contribution in [0.4, 0.5) is 0 Å². The number of benzene rings is 2. The van der Waals surface area contributed by atoms with Crippen LogP contribution in [0.25, 0.3) is 21.8 Å². The van der Waals surface area contributed by atoms with E-state index in [9.17, 15) is 5.11 Å². The normalized spacial score (nSPS) is 12.1. The van der Waals surface area contributed by atoms with Crippen LogP contribution in [0.2, 0.25) is 5.02 Å². The molecule has 0 saturated carbocycles. The van der Waals surface area contributed by atoms with Gasteiger partial charge in [-0.25, -0.2) is 9.67 Å². The summed E-state index contributed by atoms with van der Waals surface area (Å²) < 4.78 is 6.82. The summed E-state index contributed by atoms with van der Waals surface area (Å²) in [5, 5.41) is 20.6. The number of aryl methyl sites for hydroxylation is 1. The highest BCUT2D eigenvalue weighted by molar-refractivity contribution is 7.15. The van der Waals surface area contributed by atoms with E-state index in [0.717, 1.165) is 38.1 Å². The van der Waals surface area contributed by atoms with Gasteiger partial charge in [0.1, 0.15) is 22.6 Å². The Hall–Kier alpha value is -2.74. The molecule has 0 bridgehead atoms. The fourth-order valence-corrected chi connectivity index (χ4v) is 4.15. The number of aliphatic hydroxyl groups excluding tert-OH is 1. The number of rotatable bonds is 6. The molecule has 1 N–H and O–H groups in total. The summed E-state index contributed by atoms with van der Waals surface area (Å²) in [6, 6.07) is 15.1. The topological polar surface area (TPSA) is 73.1 Å². The summed E-state index contributed by atoms with van der Waals surface area (Å²) in [6.45, 7) is 2.20. The number of ether oxygens (including phenoxy) is 1. The Morgan fingerprint density at radius 3 is 2.48 bits per heavy atom. The van der Waals surface area contributed by atoms with Crippen molar-refractivity contribution in [2.24, 2.45) is 0 Å². The van der Waals surface area contributed by atoms with Gasteiger partial charge in [0.2, 0.25) is 0 Å². The van der Waals surface area contributed by atoms with Crippen LogP contribution < -0.4 is 4.74 Å². The average Bonchev–Trinajstić information content (AvgIpc) is 3.35. The Labute approximate surface area is 177 Å². The smallest absolute Gasteiger partial charge is 0.123 e. The van der Waals surface area contributed by atoms with E-state index in [1.54, 1.807) is 11.8 Å². The molecule has 0 radical (unpaired) electrons. The van der Waals surface area contributed by atoms with Crippen molar-refractivity contribution in [3.8, 4) is 27.6 Å². The lowest BCUT2D eigenvalue weighted by atomic mass is 10.1. The highest BCUT2D eigenvalue weighted by Gasteiger charge is 2.18. The fourth-order valence-electron chi connectivity index (χ4n) is 2.98. The van der Waals surface area contributed by atoms with E-state index in [1.807, 2.05) is 61.7 Å². The van der Waals surface area contributed by atoms with Crippen molar-refractivity contribution in [2.75, 3.05) is 7.11 Å². The summed E-state index contributed by atoms with van der Waals surface area (Å²) in [7, 11) is 1.63. The van der Waals surface area contributed by atoms with Gasteiger partial charge in [-0.1, -0.05) is 28.9 Å². The van der Waals surface area contributed by atoms with E-state index in [2.05, 4.69) is 15.3 Å². The summed E-state index contributed by atoms with van der Waals surface area (Å²) in [5.74, 6) is 0.786. The lowest BCUT2D eigenvalue weighted by molar-refractivity contribution is 0.153. The van der Waals surface area contributed by atoms with Crippen LogP contribution in [-0.2, 0) is 6.54 Å². The quantitative estimate of drug-likeness (QED) is 0.480. The number of thiazole rings is 1. The first-order valence-corrected chi connectivity index (χ1v) is 10.2. The number of nitrogens with zero attached hydrogens (tertiary/aromatic N) is 4. The number of hydrogen-bond donors (Lipinski definition) is 1. The first-order chi connectivity index (χ1) is 14.0. The summed E-state index contributed by atoms with van der Waals surface area (Å²) in [4.78, 5) is 5.42. The van der Waals surface area contributed by atoms with E-state index < -0.39 is 6.10 Å². The van der Waals surface area contributed by atoms with Crippen molar-refractivity contribution < 1.29 is 9.84 Å². The first kappa shape index (κ1) is 19.6. The highest BCUT2D eigenvalue weighted by Crippen LogP contribution is 2.33. The molecule has 2 aromatic heterocycles. The molecule has 148 valence electrons. The Morgan fingerprint density at radius 1 is 1.10 bits per heavy atom. The van der Waals surface area contributed by atoms with Crippen LogP contribution >= 0.6 is 22.9 Å². The van der Waals surface area contributed by atoms with Crippen LogP contribution in [0.3, 0.4) is 0 Å². The van der Waals surface area contributed by atoms with Gasteiger partial charge in [-0.05, 0) is 43.3 Å². The molecule has 0 aliphatic heterocycles. The monoisotopic (exact) mass is 426 g/mol. The maximum atomic E-state index is 10.8. The minimum atomic E-state index is -0.723. The van der Waals surface area contributed by atoms with Gasteiger partial charge in [-0.2, -0.15) is 0 Å². The minimum Gasteiger partial charge on any atom is -0.497 e. The van der Waals surface area contributed by atoms with Gasteiger partial charge in [-0.15, -0.1) is 16.4 Å². The van der Waals surface area contributed by atoms with Crippen molar-refractivity contribution in [1.82, 2.24) is 20.0 Å². The van der Waals surface area contributed by atoms with Gasteiger partial charge in [-0.3, -0.25) is 0 Å². The van der Waals surface area contributed by atoms with Gasteiger partial charge in [0.25, 0.3) is 0 Å². The SMILES string of the molecule is COc1ccc(-c2cn(CC(O)c3sc(-c4ccc(Cl)cc4)nc3C)nn2)cc1. The molecule has 0 aliphatic rings. The molecule has 2 heterocycles. The molecule has 4 aromatic rings. The molecule has 0 fully saturated rings. The number of halogens is 1. The van der Waals surface area contributed by atoms with Crippen LogP contribution in [0.1, 0.15) is 16.7 Å². The van der Waals surface area contributed by atoms with Crippen LogP contribution in [-0.4, -0.2) is 32.2 Å². The van der Waals surface area contributed by atoms with E-state index >= 15 is 0 Å². The summed E-state index contributed by atoms with van der Waals surface area (Å²) >= 11 is 7.43. The lowest BCUT2D eigenvalue weighted by Gasteiger charge is -2.08. The molecule has 1 unspecified atom stereocenters. The summed E-state index contributed by atoms with van der Waals surface area (Å²) in [6.07, 6.45) is 1.10. The summed E-state index contributed by atoms with van der Waals surface area (Å²) in [5.41, 5.74) is 3.46. The number of aliphatic hydroxyl groups is 1. The highest BCUT2D eigenvalue weighted by atomic mass is 35.5. The maximum absolute atomic E-state index is 10.8. The van der Waals surface area contributed by atoms with Crippen LogP contribution in [0, 0.1) is 6.92 Å². The second-order valence-electron chi connectivity index (χ2n) is 6.55. The number of hydrogen-bond acceptors (Lipinski definition) is 6. The number of methoxy groups -OCH3 is 1. The lowest BCUT2D eigenvalue weighted by Crippen LogP contribution is -2.09. The van der Waals surface area contributed by atoms with E-state index in [4.69, 9.17) is 16.3 Å². The van der Waals surface area contributed by atoms with Gasteiger partial charge in [0, 0.05) is 16.1 Å². The van der Waals surface area contributed by atoms with Gasteiger partial charge in [0.05, 0.1) is 30.4 Å². The van der Waals surface area contributed by atoms with Crippen LogP contribution in [0.15, 0.2) is 54.7 Å². The standard InChI is InChI=1S/C21H19ClN4O2S/c1-13-20(29-21(23-13)15-3-7-16(22)8-4-15)19(27)12-26-11-18(24-25-26)14-5-9-17(28-2)10-6-14/h3-11,19,27H,12H2,1-2H3. The predicted octanol–water partition coefficient (Wildman–Crippen LogP) is 4.77. The third kappa shape index (κ3) is 4.32. The molecular weight excluding hydrogens is 408 g/mol. The van der Waals surface area contributed by atoms with Crippen LogP contribution in [0.5, 0.6) is 5.75 Å². The molecule has 2 aromatic carbocycles. The van der Waals surface area contributed by atoms with Crippen molar-refractivity contribution >= 4 is 22.9 Å². The van der Waals surface area contributed by atoms with Crippen molar-refractivity contribution in [1.29, 1.82) is 0 Å². The van der Waals surface area contributed by atoms with Gasteiger partial charge >= 0.3 is 0 Å². The molecule has 6 nitrogen and oxygen atoms in total. The third-order valence-electron chi connectivity index (χ3n) is 4.51. The Bertz CT molecular complexity index is 1110. The Kier molecular flexibility index (Phi) is 5.62. The Balaban J connectivity index is 1.50. The number of aromatic nitrogens is 4. The Morgan fingerprint density at radius 2 is 1.79 bits per heavy atom. The zero-order valence-corrected chi connectivity index (χ0v) is 17.5. The molecule has 0 spiro atoms. The molecule has 4 rings (SSSR count). The second kappa shape index (κ2) is 8.32. The third-order valence-corrected chi connectivity index (χ3v) is 6.07. The minimum absolute atomic E-state index is 0.298. The molecular formula is C21H19ClN4O2S. The molecule has 1 atom stereocenters. The zero-order chi connectivity index (χ0) is 20.4. The zero-order valence-electron chi connectivity index (χ0n) is 15.9. The average molecular weight is 427 g/mol. The molecule has 29 heavy (non-hydrogen) atoms. The van der Waals surface area contributed by atoms with E-state index in [1.165, 1.54) is 11.3 Å². The molecule has 0 amide bonds. The van der Waals surface area contributed by atoms with Gasteiger partial charge < -0.3 is 9.84 Å². The first-order valence-electron chi connectivity index (χ1n) is 8.99. The van der Waals surface area contributed by atoms with Crippen molar-refractivity contribution in [3.05, 3.63) is 70.3 Å². The molecule has 0 saturated heterocycles. The second-order valence-corrected chi connectivity index (χ2v) is 8.01. The predicted molar refractivity (Wildman–Crippen MR) is 114 cm³/mol. The van der Waals surface area contributed by atoms with Crippen molar-refractivity contribution in [3.63, 3.8) is 0 Å². The maximum Gasteiger partial charge on any atom is 0.123 e. The van der Waals surface area contributed by atoms with E-state index in [-0.39, 0.29) is 0 Å². The molecule has 0 aliphatic carbocycles. The molecule has 8 heteroatoms. The van der Waals surface area contributed by atoms with Gasteiger partial charge in [0.15, 0.2) is 0 Å². The fraction of sp³-hybridized carbons (Fsp3) is 0.190. The van der Waals surface area contributed by atoms with Crippen molar-refractivity contribution in [2.45, 2.75) is 19.6 Å². The largest absolute Gasteiger partial charge is 0.497 e.